The Morgan fingerprint density at radius 3 is 2.85 bits per heavy atom. The van der Waals surface area contributed by atoms with E-state index in [0.29, 0.717) is 19.3 Å². The predicted octanol–water partition coefficient (Wildman–Crippen LogP) is 2.31. The lowest BCUT2D eigenvalue weighted by atomic mass is 9.82. The third kappa shape index (κ3) is 2.68. The van der Waals surface area contributed by atoms with Gasteiger partial charge in [-0.15, -0.1) is 0 Å². The summed E-state index contributed by atoms with van der Waals surface area (Å²) < 4.78 is 16.6. The molecule has 110 valence electrons. The molecule has 0 aliphatic carbocycles. The highest BCUT2D eigenvalue weighted by molar-refractivity contribution is 5.35. The number of fused-ring (bicyclic) bond motifs is 2. The van der Waals surface area contributed by atoms with Gasteiger partial charge in [-0.05, 0) is 25.3 Å². The zero-order chi connectivity index (χ0) is 13.9. The van der Waals surface area contributed by atoms with Crippen LogP contribution in [0.5, 0.6) is 5.75 Å². The highest BCUT2D eigenvalue weighted by atomic mass is 16.5. The van der Waals surface area contributed by atoms with Gasteiger partial charge in [-0.25, -0.2) is 0 Å². The third-order valence-corrected chi connectivity index (χ3v) is 4.34. The van der Waals surface area contributed by atoms with Gasteiger partial charge in [0.15, 0.2) is 0 Å². The SMILES string of the molecule is COCCOc1ccccc1C(O)C1CC2CCC1O2. The fourth-order valence-electron chi connectivity index (χ4n) is 3.33. The summed E-state index contributed by atoms with van der Waals surface area (Å²) in [6.45, 7) is 1.04. The maximum atomic E-state index is 10.7. The fraction of sp³-hybridized carbons (Fsp3) is 0.625. The lowest BCUT2D eigenvalue weighted by Crippen LogP contribution is -2.24. The number of para-hydroxylation sites is 1. The molecule has 0 saturated carbocycles. The summed E-state index contributed by atoms with van der Waals surface area (Å²) in [7, 11) is 1.65. The molecule has 1 N–H and O–H groups in total. The Morgan fingerprint density at radius 2 is 2.15 bits per heavy atom. The first-order valence-electron chi connectivity index (χ1n) is 7.34. The van der Waals surface area contributed by atoms with Crippen LogP contribution in [0.4, 0.5) is 0 Å². The quantitative estimate of drug-likeness (QED) is 0.811. The minimum absolute atomic E-state index is 0.195. The van der Waals surface area contributed by atoms with Gasteiger partial charge in [0, 0.05) is 18.6 Å². The Hall–Kier alpha value is -1.10. The normalized spacial score (nSPS) is 29.6. The van der Waals surface area contributed by atoms with Crippen molar-refractivity contribution in [2.24, 2.45) is 5.92 Å². The molecule has 0 amide bonds. The molecule has 4 atom stereocenters. The third-order valence-electron chi connectivity index (χ3n) is 4.34. The van der Waals surface area contributed by atoms with Crippen LogP contribution in [0, 0.1) is 5.92 Å². The molecule has 3 rings (SSSR count). The average Bonchev–Trinajstić information content (AvgIpc) is 3.10. The average molecular weight is 278 g/mol. The molecule has 2 aliphatic rings. The molecular weight excluding hydrogens is 256 g/mol. The number of methoxy groups -OCH3 is 1. The van der Waals surface area contributed by atoms with E-state index >= 15 is 0 Å². The number of hydrogen-bond acceptors (Lipinski definition) is 4. The molecule has 20 heavy (non-hydrogen) atoms. The van der Waals surface area contributed by atoms with Gasteiger partial charge in [-0.2, -0.15) is 0 Å². The zero-order valence-electron chi connectivity index (χ0n) is 11.8. The van der Waals surface area contributed by atoms with E-state index in [9.17, 15) is 5.11 Å². The molecule has 2 saturated heterocycles. The minimum atomic E-state index is -0.510. The summed E-state index contributed by atoms with van der Waals surface area (Å²) >= 11 is 0. The van der Waals surface area contributed by atoms with Gasteiger partial charge < -0.3 is 19.3 Å². The van der Waals surface area contributed by atoms with E-state index in [1.165, 1.54) is 0 Å². The number of ether oxygens (including phenoxy) is 3. The topological polar surface area (TPSA) is 47.9 Å². The summed E-state index contributed by atoms with van der Waals surface area (Å²) in [4.78, 5) is 0. The van der Waals surface area contributed by atoms with E-state index in [1.54, 1.807) is 7.11 Å². The van der Waals surface area contributed by atoms with Crippen LogP contribution in [0.25, 0.3) is 0 Å². The molecule has 4 nitrogen and oxygen atoms in total. The van der Waals surface area contributed by atoms with Crippen molar-refractivity contribution in [3.63, 3.8) is 0 Å². The molecule has 4 heteroatoms. The van der Waals surface area contributed by atoms with Gasteiger partial charge in [0.25, 0.3) is 0 Å². The van der Waals surface area contributed by atoms with Gasteiger partial charge in [0.05, 0.1) is 24.9 Å². The van der Waals surface area contributed by atoms with Crippen LogP contribution in [-0.2, 0) is 9.47 Å². The largest absolute Gasteiger partial charge is 0.491 e. The fourth-order valence-corrected chi connectivity index (χ4v) is 3.33. The standard InChI is InChI=1S/C16H22O4/c1-18-8-9-19-14-5-3-2-4-12(14)16(17)13-10-11-6-7-15(13)20-11/h2-5,11,13,15-17H,6-10H2,1H3. The van der Waals surface area contributed by atoms with E-state index in [1.807, 2.05) is 24.3 Å². The molecule has 0 spiro atoms. The van der Waals surface area contributed by atoms with Crippen molar-refractivity contribution in [2.45, 2.75) is 37.6 Å². The molecule has 0 radical (unpaired) electrons. The van der Waals surface area contributed by atoms with Crippen molar-refractivity contribution in [3.05, 3.63) is 29.8 Å². The smallest absolute Gasteiger partial charge is 0.125 e. The van der Waals surface area contributed by atoms with E-state index in [-0.39, 0.29) is 12.0 Å². The predicted molar refractivity (Wildman–Crippen MR) is 74.8 cm³/mol. The summed E-state index contributed by atoms with van der Waals surface area (Å²) in [5.74, 6) is 0.945. The van der Waals surface area contributed by atoms with Crippen molar-refractivity contribution >= 4 is 0 Å². The maximum absolute atomic E-state index is 10.7. The van der Waals surface area contributed by atoms with E-state index in [2.05, 4.69) is 0 Å². The monoisotopic (exact) mass is 278 g/mol. The van der Waals surface area contributed by atoms with Crippen LogP contribution in [0.2, 0.25) is 0 Å². The van der Waals surface area contributed by atoms with Crippen LogP contribution < -0.4 is 4.74 Å². The molecule has 1 aromatic rings. The number of aliphatic hydroxyl groups is 1. The Balaban J connectivity index is 1.72. The molecule has 1 aromatic carbocycles. The molecule has 0 aromatic heterocycles. The first-order chi connectivity index (χ1) is 9.79. The van der Waals surface area contributed by atoms with Gasteiger partial charge in [-0.1, -0.05) is 18.2 Å². The van der Waals surface area contributed by atoms with E-state index < -0.39 is 6.10 Å². The second-order valence-corrected chi connectivity index (χ2v) is 5.60. The second-order valence-electron chi connectivity index (χ2n) is 5.60. The summed E-state index contributed by atoms with van der Waals surface area (Å²) in [6.07, 6.45) is 3.21. The van der Waals surface area contributed by atoms with Crippen molar-refractivity contribution in [1.29, 1.82) is 0 Å². The van der Waals surface area contributed by atoms with Crippen LogP contribution in [0.3, 0.4) is 0 Å². The minimum Gasteiger partial charge on any atom is -0.491 e. The Labute approximate surface area is 119 Å². The zero-order valence-corrected chi connectivity index (χ0v) is 11.8. The summed E-state index contributed by atoms with van der Waals surface area (Å²) in [5.41, 5.74) is 0.866. The highest BCUT2D eigenvalue weighted by Crippen LogP contribution is 2.46. The van der Waals surface area contributed by atoms with Crippen LogP contribution in [-0.4, -0.2) is 37.6 Å². The van der Waals surface area contributed by atoms with E-state index in [0.717, 1.165) is 30.6 Å². The van der Waals surface area contributed by atoms with Crippen LogP contribution in [0.15, 0.2) is 24.3 Å². The molecule has 2 fully saturated rings. The summed E-state index contributed by atoms with van der Waals surface area (Å²) in [6, 6.07) is 7.71. The maximum Gasteiger partial charge on any atom is 0.125 e. The van der Waals surface area contributed by atoms with Gasteiger partial charge in [0.1, 0.15) is 12.4 Å². The first kappa shape index (κ1) is 13.9. The van der Waals surface area contributed by atoms with Gasteiger partial charge in [-0.3, -0.25) is 0 Å². The first-order valence-corrected chi connectivity index (χ1v) is 7.34. The molecule has 2 bridgehead atoms. The van der Waals surface area contributed by atoms with Crippen LogP contribution >= 0.6 is 0 Å². The molecule has 2 heterocycles. The van der Waals surface area contributed by atoms with Crippen LogP contribution in [0.1, 0.15) is 30.9 Å². The van der Waals surface area contributed by atoms with Crippen molar-refractivity contribution in [2.75, 3.05) is 20.3 Å². The van der Waals surface area contributed by atoms with Crippen molar-refractivity contribution in [3.8, 4) is 5.75 Å². The van der Waals surface area contributed by atoms with E-state index in [4.69, 9.17) is 14.2 Å². The highest BCUT2D eigenvalue weighted by Gasteiger charge is 2.44. The second kappa shape index (κ2) is 6.12. The van der Waals surface area contributed by atoms with Gasteiger partial charge >= 0.3 is 0 Å². The summed E-state index contributed by atoms with van der Waals surface area (Å²) in [5, 5.41) is 10.7. The number of benzene rings is 1. The molecule has 2 aliphatic heterocycles. The van der Waals surface area contributed by atoms with Crippen molar-refractivity contribution in [1.82, 2.24) is 0 Å². The number of rotatable bonds is 6. The lowest BCUT2D eigenvalue weighted by Gasteiger charge is -2.26. The molecule has 4 unspecified atom stereocenters. The Kier molecular flexibility index (Phi) is 4.24. The Morgan fingerprint density at radius 1 is 1.30 bits per heavy atom. The number of aliphatic hydroxyl groups excluding tert-OH is 1. The van der Waals surface area contributed by atoms with Crippen molar-refractivity contribution < 1.29 is 19.3 Å². The molecular formula is C16H22O4. The lowest BCUT2D eigenvalue weighted by molar-refractivity contribution is 0.0404. The Bertz CT molecular complexity index is 448. The van der Waals surface area contributed by atoms with Gasteiger partial charge in [0.2, 0.25) is 0 Å². The number of hydrogen-bond donors (Lipinski definition) is 1.